The highest BCUT2D eigenvalue weighted by Gasteiger charge is 2.58. The van der Waals surface area contributed by atoms with E-state index in [2.05, 4.69) is 55.5 Å². The highest BCUT2D eigenvalue weighted by molar-refractivity contribution is 5.91. The molecule has 0 fully saturated rings. The predicted octanol–water partition coefficient (Wildman–Crippen LogP) is 4.86. The summed E-state index contributed by atoms with van der Waals surface area (Å²) in [6.07, 6.45) is 9.22. The van der Waals surface area contributed by atoms with Gasteiger partial charge in [-0.15, -0.1) is 0 Å². The summed E-state index contributed by atoms with van der Waals surface area (Å²) in [6.45, 7) is 2.41. The quantitative estimate of drug-likeness (QED) is 0.693. The van der Waals surface area contributed by atoms with E-state index in [-0.39, 0.29) is 0 Å². The van der Waals surface area contributed by atoms with Crippen LogP contribution < -0.4 is 0 Å². The Morgan fingerprint density at radius 1 is 1.14 bits per heavy atom. The lowest BCUT2D eigenvalue weighted by Crippen LogP contribution is -2.16. The summed E-state index contributed by atoms with van der Waals surface area (Å²) in [4.78, 5) is 0. The van der Waals surface area contributed by atoms with Crippen molar-refractivity contribution in [1.29, 1.82) is 0 Å². The Morgan fingerprint density at radius 3 is 2.90 bits per heavy atom. The number of allylic oxidation sites excluding steroid dienone is 4. The molecular formula is C21H16. The van der Waals surface area contributed by atoms with Crippen LogP contribution in [-0.4, -0.2) is 0 Å². The first-order valence-corrected chi connectivity index (χ1v) is 7.94. The van der Waals surface area contributed by atoms with E-state index in [1.54, 1.807) is 33.4 Å². The Bertz CT molecular complexity index is 910. The summed E-state index contributed by atoms with van der Waals surface area (Å²) in [5, 5.41) is 0. The smallest absolute Gasteiger partial charge is 0.0317 e. The SMILES string of the molecule is CC12Cc3c4c(cc1c32)C(C1=CC=CC1)c1ccccc1-4. The van der Waals surface area contributed by atoms with E-state index in [1.807, 2.05) is 0 Å². The van der Waals surface area contributed by atoms with Crippen molar-refractivity contribution < 1.29 is 0 Å². The maximum absolute atomic E-state index is 2.53. The summed E-state index contributed by atoms with van der Waals surface area (Å²) >= 11 is 0. The molecule has 0 saturated carbocycles. The summed E-state index contributed by atoms with van der Waals surface area (Å²) in [6, 6.07) is 11.6. The summed E-state index contributed by atoms with van der Waals surface area (Å²) < 4.78 is 0. The first-order valence-electron chi connectivity index (χ1n) is 7.94. The minimum Gasteiger partial charge on any atom is -0.0804 e. The van der Waals surface area contributed by atoms with Crippen LogP contribution in [0.4, 0.5) is 0 Å². The second-order valence-electron chi connectivity index (χ2n) is 7.14. The van der Waals surface area contributed by atoms with Crippen LogP contribution in [0.25, 0.3) is 11.1 Å². The Morgan fingerprint density at radius 2 is 2.05 bits per heavy atom. The van der Waals surface area contributed by atoms with E-state index in [1.165, 1.54) is 17.5 Å². The van der Waals surface area contributed by atoms with Gasteiger partial charge in [0.25, 0.3) is 0 Å². The molecule has 21 heavy (non-hydrogen) atoms. The minimum absolute atomic E-state index is 0.460. The highest BCUT2D eigenvalue weighted by Crippen LogP contribution is 2.68. The maximum Gasteiger partial charge on any atom is 0.0317 e. The van der Waals surface area contributed by atoms with Crippen LogP contribution in [0.5, 0.6) is 0 Å². The molecule has 0 aromatic heterocycles. The van der Waals surface area contributed by atoms with Gasteiger partial charge in [-0.2, -0.15) is 0 Å². The fraction of sp³-hybridized carbons (Fsp3) is 0.238. The summed E-state index contributed by atoms with van der Waals surface area (Å²) in [5.41, 5.74) is 13.2. The van der Waals surface area contributed by atoms with E-state index in [0.29, 0.717) is 11.3 Å². The fourth-order valence-electron chi connectivity index (χ4n) is 5.07. The van der Waals surface area contributed by atoms with Crippen LogP contribution in [0.15, 0.2) is 54.1 Å². The van der Waals surface area contributed by atoms with Gasteiger partial charge in [0.1, 0.15) is 0 Å². The van der Waals surface area contributed by atoms with Gasteiger partial charge < -0.3 is 0 Å². The molecule has 4 aliphatic carbocycles. The van der Waals surface area contributed by atoms with Crippen LogP contribution in [0, 0.1) is 0 Å². The minimum atomic E-state index is 0.460. The number of rotatable bonds is 1. The van der Waals surface area contributed by atoms with Crippen molar-refractivity contribution in [2.75, 3.05) is 0 Å². The Labute approximate surface area is 124 Å². The lowest BCUT2D eigenvalue weighted by Gasteiger charge is -2.21. The molecule has 2 unspecified atom stereocenters. The predicted molar refractivity (Wildman–Crippen MR) is 85.7 cm³/mol. The van der Waals surface area contributed by atoms with E-state index >= 15 is 0 Å². The zero-order chi connectivity index (χ0) is 13.8. The van der Waals surface area contributed by atoms with E-state index in [9.17, 15) is 0 Å². The van der Waals surface area contributed by atoms with Gasteiger partial charge in [-0.25, -0.2) is 0 Å². The van der Waals surface area contributed by atoms with Crippen molar-refractivity contribution >= 4 is 0 Å². The van der Waals surface area contributed by atoms with Gasteiger partial charge in [0.2, 0.25) is 0 Å². The van der Waals surface area contributed by atoms with Gasteiger partial charge in [0.05, 0.1) is 0 Å². The van der Waals surface area contributed by atoms with Crippen molar-refractivity contribution in [1.82, 2.24) is 0 Å². The second kappa shape index (κ2) is 3.06. The molecule has 0 aliphatic heterocycles. The molecule has 0 spiro atoms. The molecule has 2 aromatic carbocycles. The molecule has 0 nitrogen and oxygen atoms in total. The van der Waals surface area contributed by atoms with Crippen LogP contribution in [0.2, 0.25) is 0 Å². The van der Waals surface area contributed by atoms with Gasteiger partial charge in [-0.1, -0.05) is 61.1 Å². The number of hydrogen-bond acceptors (Lipinski definition) is 0. The first kappa shape index (κ1) is 10.6. The van der Waals surface area contributed by atoms with Gasteiger partial charge in [0, 0.05) is 11.3 Å². The fourth-order valence-corrected chi connectivity index (χ4v) is 5.07. The van der Waals surface area contributed by atoms with Crippen molar-refractivity contribution in [2.45, 2.75) is 31.1 Å². The molecule has 0 amide bonds. The standard InChI is InChI=1S/C21H16/c1-21-11-16-19-14-9-5-4-8-13(14)18(12-6-2-3-7-12)15(19)10-17(21)20(16)21/h2-6,8-10,18H,7,11H2,1H3. The highest BCUT2D eigenvalue weighted by atomic mass is 14.6. The Kier molecular flexibility index (Phi) is 1.55. The van der Waals surface area contributed by atoms with Gasteiger partial charge in [-0.3, -0.25) is 0 Å². The molecule has 6 rings (SSSR count). The number of benzene rings is 2. The lowest BCUT2D eigenvalue weighted by atomic mass is 9.81. The third-order valence-electron chi connectivity index (χ3n) is 6.10. The molecule has 0 heteroatoms. The summed E-state index contributed by atoms with van der Waals surface area (Å²) in [5.74, 6) is 0.498. The first-order chi connectivity index (χ1) is 10.3. The van der Waals surface area contributed by atoms with Crippen LogP contribution in [0.3, 0.4) is 0 Å². The van der Waals surface area contributed by atoms with Crippen LogP contribution >= 0.6 is 0 Å². The monoisotopic (exact) mass is 268 g/mol. The molecule has 0 saturated heterocycles. The van der Waals surface area contributed by atoms with Crippen molar-refractivity contribution in [2.24, 2.45) is 0 Å². The topological polar surface area (TPSA) is 0 Å². The molecule has 2 aromatic rings. The van der Waals surface area contributed by atoms with E-state index in [4.69, 9.17) is 0 Å². The van der Waals surface area contributed by atoms with Crippen molar-refractivity contribution in [3.8, 4) is 11.1 Å². The molecule has 0 radical (unpaired) electrons. The molecule has 0 bridgehead atoms. The zero-order valence-corrected chi connectivity index (χ0v) is 12.1. The third-order valence-corrected chi connectivity index (χ3v) is 6.10. The van der Waals surface area contributed by atoms with Crippen molar-refractivity contribution in [3.63, 3.8) is 0 Å². The molecular weight excluding hydrogens is 252 g/mol. The number of fused-ring (bicyclic) bond motifs is 5. The second-order valence-corrected chi connectivity index (χ2v) is 7.14. The lowest BCUT2D eigenvalue weighted by molar-refractivity contribution is 0.635. The van der Waals surface area contributed by atoms with Crippen LogP contribution in [-0.2, 0) is 11.8 Å². The van der Waals surface area contributed by atoms with E-state index < -0.39 is 0 Å². The largest absolute Gasteiger partial charge is 0.0804 e. The average Bonchev–Trinajstić information content (AvgIpc) is 2.89. The molecule has 100 valence electrons. The van der Waals surface area contributed by atoms with Crippen LogP contribution in [0.1, 0.15) is 47.1 Å². The van der Waals surface area contributed by atoms with E-state index in [0.717, 1.165) is 6.42 Å². The Hall–Kier alpha value is -2.08. The number of hydrogen-bond donors (Lipinski definition) is 0. The van der Waals surface area contributed by atoms with Gasteiger partial charge >= 0.3 is 0 Å². The van der Waals surface area contributed by atoms with Gasteiger partial charge in [0.15, 0.2) is 0 Å². The molecule has 2 atom stereocenters. The maximum atomic E-state index is 2.53. The normalized spacial score (nSPS) is 28.6. The summed E-state index contributed by atoms with van der Waals surface area (Å²) in [7, 11) is 0. The average molecular weight is 268 g/mol. The Balaban J connectivity index is 1.68. The molecule has 0 N–H and O–H groups in total. The third kappa shape index (κ3) is 1.01. The van der Waals surface area contributed by atoms with Gasteiger partial charge in [-0.05, 0) is 51.8 Å². The molecule has 0 heterocycles. The zero-order valence-electron chi connectivity index (χ0n) is 12.1. The molecule has 4 aliphatic rings. The van der Waals surface area contributed by atoms with Crippen molar-refractivity contribution in [3.05, 3.63) is 82.0 Å².